The standard InChI is InChI=1S/C12H14FN3OS/c1-12(2,3)16-10(14-15-11(16)18)8-6-7(13)4-5-9(8)17/h4-6,17H,1-3H3,(H,15,18). The normalized spacial score (nSPS) is 11.8. The number of aromatic hydroxyl groups is 1. The lowest BCUT2D eigenvalue weighted by molar-refractivity contribution is 0.394. The molecular formula is C12H14FN3OS. The molecule has 0 aliphatic rings. The number of phenolic OH excluding ortho intramolecular Hbond substituents is 1. The van der Waals surface area contributed by atoms with Crippen molar-refractivity contribution in [1.82, 2.24) is 14.8 Å². The van der Waals surface area contributed by atoms with Gasteiger partial charge in [0, 0.05) is 5.54 Å². The number of hydrogen-bond acceptors (Lipinski definition) is 3. The number of rotatable bonds is 1. The number of aromatic nitrogens is 3. The van der Waals surface area contributed by atoms with Crippen LogP contribution in [0.25, 0.3) is 11.4 Å². The molecule has 0 saturated heterocycles. The van der Waals surface area contributed by atoms with Gasteiger partial charge in [-0.2, -0.15) is 5.10 Å². The molecule has 1 aromatic heterocycles. The average molecular weight is 267 g/mol. The Morgan fingerprint density at radius 3 is 2.67 bits per heavy atom. The molecule has 0 fully saturated rings. The van der Waals surface area contributed by atoms with Gasteiger partial charge in [0.2, 0.25) is 0 Å². The minimum Gasteiger partial charge on any atom is -0.507 e. The highest BCUT2D eigenvalue weighted by atomic mass is 32.1. The fraction of sp³-hybridized carbons (Fsp3) is 0.333. The van der Waals surface area contributed by atoms with Crippen LogP contribution in [0.2, 0.25) is 0 Å². The lowest BCUT2D eigenvalue weighted by Crippen LogP contribution is -2.23. The van der Waals surface area contributed by atoms with E-state index >= 15 is 0 Å². The van der Waals surface area contributed by atoms with E-state index in [1.165, 1.54) is 18.2 Å². The second-order valence-corrected chi connectivity index (χ2v) is 5.41. The molecule has 0 saturated carbocycles. The van der Waals surface area contributed by atoms with E-state index < -0.39 is 5.82 Å². The fourth-order valence-electron chi connectivity index (χ4n) is 1.79. The summed E-state index contributed by atoms with van der Waals surface area (Å²) in [7, 11) is 0. The molecule has 1 heterocycles. The highest BCUT2D eigenvalue weighted by molar-refractivity contribution is 7.71. The van der Waals surface area contributed by atoms with Crippen LogP contribution >= 0.6 is 12.2 Å². The van der Waals surface area contributed by atoms with E-state index in [2.05, 4.69) is 10.2 Å². The van der Waals surface area contributed by atoms with Crippen molar-refractivity contribution in [1.29, 1.82) is 0 Å². The maximum atomic E-state index is 13.3. The summed E-state index contributed by atoms with van der Waals surface area (Å²) in [6, 6.07) is 3.74. The molecule has 1 aromatic carbocycles. The summed E-state index contributed by atoms with van der Waals surface area (Å²) in [5.41, 5.74) is -0.00433. The molecule has 0 bridgehead atoms. The van der Waals surface area contributed by atoms with Crippen molar-refractivity contribution in [2.24, 2.45) is 0 Å². The maximum Gasteiger partial charge on any atom is 0.195 e. The number of halogens is 1. The van der Waals surface area contributed by atoms with Crippen molar-refractivity contribution in [2.75, 3.05) is 0 Å². The van der Waals surface area contributed by atoms with Gasteiger partial charge >= 0.3 is 0 Å². The molecule has 0 amide bonds. The highest BCUT2D eigenvalue weighted by Gasteiger charge is 2.22. The van der Waals surface area contributed by atoms with Gasteiger partial charge in [-0.25, -0.2) is 4.39 Å². The third kappa shape index (κ3) is 2.15. The summed E-state index contributed by atoms with van der Waals surface area (Å²) in [5, 5.41) is 16.6. The number of benzene rings is 1. The van der Waals surface area contributed by atoms with E-state index in [4.69, 9.17) is 12.2 Å². The Morgan fingerprint density at radius 1 is 1.39 bits per heavy atom. The Labute approximate surface area is 109 Å². The van der Waals surface area contributed by atoms with E-state index in [0.717, 1.165) is 0 Å². The maximum absolute atomic E-state index is 13.3. The summed E-state index contributed by atoms with van der Waals surface area (Å²) in [6.07, 6.45) is 0. The van der Waals surface area contributed by atoms with Crippen LogP contribution in [0.4, 0.5) is 4.39 Å². The third-order valence-corrected chi connectivity index (χ3v) is 2.82. The van der Waals surface area contributed by atoms with E-state index in [1.54, 1.807) is 4.57 Å². The monoisotopic (exact) mass is 267 g/mol. The van der Waals surface area contributed by atoms with Crippen molar-refractivity contribution in [3.05, 3.63) is 28.8 Å². The van der Waals surface area contributed by atoms with Crippen LogP contribution in [0, 0.1) is 10.6 Å². The van der Waals surface area contributed by atoms with Crippen LogP contribution in [0.3, 0.4) is 0 Å². The van der Waals surface area contributed by atoms with Gasteiger partial charge in [0.15, 0.2) is 10.6 Å². The number of hydrogen-bond donors (Lipinski definition) is 2. The second kappa shape index (κ2) is 4.20. The second-order valence-electron chi connectivity index (χ2n) is 5.02. The molecule has 18 heavy (non-hydrogen) atoms. The van der Waals surface area contributed by atoms with Gasteiger partial charge < -0.3 is 5.11 Å². The van der Waals surface area contributed by atoms with Gasteiger partial charge in [-0.3, -0.25) is 9.67 Å². The highest BCUT2D eigenvalue weighted by Crippen LogP contribution is 2.31. The number of aromatic amines is 1. The first kappa shape index (κ1) is 12.8. The first-order valence-corrected chi connectivity index (χ1v) is 5.88. The Kier molecular flexibility index (Phi) is 2.98. The lowest BCUT2D eigenvalue weighted by atomic mass is 10.1. The predicted molar refractivity (Wildman–Crippen MR) is 69.5 cm³/mol. The van der Waals surface area contributed by atoms with Gasteiger partial charge in [0.25, 0.3) is 0 Å². The first-order chi connectivity index (χ1) is 8.30. The van der Waals surface area contributed by atoms with Crippen molar-refractivity contribution in [3.8, 4) is 17.1 Å². The molecule has 6 heteroatoms. The van der Waals surface area contributed by atoms with Gasteiger partial charge in [0.05, 0.1) is 5.56 Å². The Hall–Kier alpha value is -1.69. The molecule has 0 aliphatic heterocycles. The molecule has 2 aromatic rings. The van der Waals surface area contributed by atoms with Crippen LogP contribution in [-0.2, 0) is 5.54 Å². The number of H-pyrrole nitrogens is 1. The van der Waals surface area contributed by atoms with Crippen LogP contribution in [0.1, 0.15) is 20.8 Å². The Morgan fingerprint density at radius 2 is 2.06 bits per heavy atom. The quantitative estimate of drug-likeness (QED) is 0.780. The average Bonchev–Trinajstić information content (AvgIpc) is 2.63. The molecule has 2 N–H and O–H groups in total. The largest absolute Gasteiger partial charge is 0.507 e. The SMILES string of the molecule is CC(C)(C)n1c(-c2cc(F)ccc2O)n[nH]c1=S. The van der Waals surface area contributed by atoms with E-state index in [-0.39, 0.29) is 11.3 Å². The zero-order chi connectivity index (χ0) is 13.5. The summed E-state index contributed by atoms with van der Waals surface area (Å²) in [4.78, 5) is 0. The summed E-state index contributed by atoms with van der Waals surface area (Å²) >= 11 is 5.17. The molecule has 0 atom stereocenters. The molecule has 0 spiro atoms. The smallest absolute Gasteiger partial charge is 0.195 e. The van der Waals surface area contributed by atoms with Gasteiger partial charge in [-0.15, -0.1) is 0 Å². The summed E-state index contributed by atoms with van der Waals surface area (Å²) in [6.45, 7) is 5.87. The van der Waals surface area contributed by atoms with Crippen molar-refractivity contribution < 1.29 is 9.50 Å². The zero-order valence-corrected chi connectivity index (χ0v) is 11.2. The van der Waals surface area contributed by atoms with E-state index in [1.807, 2.05) is 20.8 Å². The van der Waals surface area contributed by atoms with Gasteiger partial charge in [-0.1, -0.05) is 0 Å². The summed E-state index contributed by atoms with van der Waals surface area (Å²) in [5.74, 6) is -0.0439. The molecule has 4 nitrogen and oxygen atoms in total. The van der Waals surface area contributed by atoms with Crippen molar-refractivity contribution in [2.45, 2.75) is 26.3 Å². The van der Waals surface area contributed by atoms with Crippen LogP contribution in [0.15, 0.2) is 18.2 Å². The molecule has 0 aliphatic carbocycles. The van der Waals surface area contributed by atoms with Crippen LogP contribution in [0.5, 0.6) is 5.75 Å². The molecule has 0 unspecified atom stereocenters. The van der Waals surface area contributed by atoms with Gasteiger partial charge in [0.1, 0.15) is 11.6 Å². The summed E-state index contributed by atoms with van der Waals surface area (Å²) < 4.78 is 15.5. The van der Waals surface area contributed by atoms with E-state index in [0.29, 0.717) is 16.2 Å². The third-order valence-electron chi connectivity index (χ3n) is 2.54. The van der Waals surface area contributed by atoms with Gasteiger partial charge in [-0.05, 0) is 51.2 Å². The predicted octanol–water partition coefficient (Wildman–Crippen LogP) is 3.21. The number of nitrogens with zero attached hydrogens (tertiary/aromatic N) is 2. The number of nitrogens with one attached hydrogen (secondary N) is 1. The zero-order valence-electron chi connectivity index (χ0n) is 10.4. The molecule has 96 valence electrons. The number of phenols is 1. The minimum atomic E-state index is -0.433. The lowest BCUT2D eigenvalue weighted by Gasteiger charge is -2.22. The molecular weight excluding hydrogens is 253 g/mol. The topological polar surface area (TPSA) is 53.8 Å². The molecule has 0 radical (unpaired) electrons. The minimum absolute atomic E-state index is 0.0316. The van der Waals surface area contributed by atoms with Crippen LogP contribution < -0.4 is 0 Å². The first-order valence-electron chi connectivity index (χ1n) is 5.47. The van der Waals surface area contributed by atoms with Crippen LogP contribution in [-0.4, -0.2) is 19.9 Å². The van der Waals surface area contributed by atoms with E-state index in [9.17, 15) is 9.50 Å². The van der Waals surface area contributed by atoms with Crippen molar-refractivity contribution in [3.63, 3.8) is 0 Å². The molecule has 2 rings (SSSR count). The Bertz CT molecular complexity index is 640. The Balaban J connectivity index is 2.73. The fourth-order valence-corrected chi connectivity index (χ4v) is 2.19. The van der Waals surface area contributed by atoms with Crippen molar-refractivity contribution >= 4 is 12.2 Å².